The van der Waals surface area contributed by atoms with Crippen molar-refractivity contribution in [3.8, 4) is 11.5 Å². The van der Waals surface area contributed by atoms with Crippen molar-refractivity contribution in [2.45, 2.75) is 6.92 Å². The average Bonchev–Trinajstić information content (AvgIpc) is 2.60. The van der Waals surface area contributed by atoms with Crippen LogP contribution >= 0.6 is 0 Å². The van der Waals surface area contributed by atoms with E-state index < -0.39 is 0 Å². The highest BCUT2D eigenvalue weighted by Gasteiger charge is 2.14. The van der Waals surface area contributed by atoms with Crippen LogP contribution in [-0.4, -0.2) is 32.5 Å². The molecule has 0 saturated carbocycles. The largest absolute Gasteiger partial charge is 0.496 e. The van der Waals surface area contributed by atoms with Gasteiger partial charge >= 0.3 is 0 Å². The number of ether oxygens (including phenoxy) is 2. The van der Waals surface area contributed by atoms with Gasteiger partial charge in [-0.05, 0) is 36.3 Å². The van der Waals surface area contributed by atoms with Crippen LogP contribution in [0.1, 0.15) is 27.0 Å². The van der Waals surface area contributed by atoms with Crippen LogP contribution in [0.2, 0.25) is 0 Å². The predicted molar refractivity (Wildman–Crippen MR) is 91.6 cm³/mol. The smallest absolute Gasteiger partial charge is 0.150 e. The van der Waals surface area contributed by atoms with E-state index in [1.165, 1.54) is 0 Å². The van der Waals surface area contributed by atoms with Crippen LogP contribution in [0.5, 0.6) is 11.5 Å². The van der Waals surface area contributed by atoms with Gasteiger partial charge in [-0.1, -0.05) is 6.58 Å². The number of rotatable bonds is 6. The number of benzene rings is 1. The summed E-state index contributed by atoms with van der Waals surface area (Å²) in [6.45, 7) is 6.03. The summed E-state index contributed by atoms with van der Waals surface area (Å²) < 4.78 is 10.8. The molecule has 0 saturated heterocycles. The predicted octanol–water partition coefficient (Wildman–Crippen LogP) is 3.32. The third-order valence-corrected chi connectivity index (χ3v) is 3.74. The molecule has 0 bridgehead atoms. The molecule has 0 aliphatic carbocycles. The second-order valence-electron chi connectivity index (χ2n) is 5.01. The maximum Gasteiger partial charge on any atom is 0.150 e. The van der Waals surface area contributed by atoms with Gasteiger partial charge in [-0.3, -0.25) is 4.79 Å². The van der Waals surface area contributed by atoms with Crippen molar-refractivity contribution in [1.82, 2.24) is 4.98 Å². The van der Waals surface area contributed by atoms with E-state index in [0.717, 1.165) is 17.4 Å². The van der Waals surface area contributed by atoms with Crippen LogP contribution in [0.4, 0.5) is 5.82 Å². The number of hydrogen-bond acceptors (Lipinski definition) is 5. The lowest BCUT2D eigenvalue weighted by atomic mass is 9.95. The Morgan fingerprint density at radius 3 is 2.30 bits per heavy atom. The van der Waals surface area contributed by atoms with Crippen molar-refractivity contribution in [2.24, 2.45) is 0 Å². The van der Waals surface area contributed by atoms with Crippen molar-refractivity contribution in [1.29, 1.82) is 0 Å². The molecule has 1 aromatic heterocycles. The van der Waals surface area contributed by atoms with Gasteiger partial charge < -0.3 is 14.8 Å². The number of nitrogens with zero attached hydrogens (tertiary/aromatic N) is 1. The minimum absolute atomic E-state index is 0.521. The molecule has 1 N–H and O–H groups in total. The second kappa shape index (κ2) is 6.96. The van der Waals surface area contributed by atoms with Gasteiger partial charge in [-0.2, -0.15) is 0 Å². The van der Waals surface area contributed by atoms with Gasteiger partial charge in [0.25, 0.3) is 0 Å². The molecule has 0 amide bonds. The number of pyridine rings is 1. The van der Waals surface area contributed by atoms with E-state index in [0.29, 0.717) is 34.0 Å². The number of aldehydes is 1. The molecule has 0 aliphatic heterocycles. The van der Waals surface area contributed by atoms with E-state index >= 15 is 0 Å². The van der Waals surface area contributed by atoms with Crippen LogP contribution in [0.3, 0.4) is 0 Å². The van der Waals surface area contributed by atoms with Crippen LogP contribution in [0.25, 0.3) is 5.57 Å². The monoisotopic (exact) mass is 312 g/mol. The van der Waals surface area contributed by atoms with E-state index in [2.05, 4.69) is 16.9 Å². The van der Waals surface area contributed by atoms with Gasteiger partial charge in [-0.25, -0.2) is 4.98 Å². The summed E-state index contributed by atoms with van der Waals surface area (Å²) in [7, 11) is 4.96. The van der Waals surface area contributed by atoms with Crippen molar-refractivity contribution < 1.29 is 14.3 Å². The molecule has 5 nitrogen and oxygen atoms in total. The summed E-state index contributed by atoms with van der Waals surface area (Å²) in [5.41, 5.74) is 3.59. The van der Waals surface area contributed by atoms with E-state index in [1.54, 1.807) is 33.5 Å². The quantitative estimate of drug-likeness (QED) is 0.829. The Bertz CT molecular complexity index is 729. The van der Waals surface area contributed by atoms with Crippen molar-refractivity contribution in [3.63, 3.8) is 0 Å². The molecule has 1 aromatic carbocycles. The van der Waals surface area contributed by atoms with Gasteiger partial charge in [0.2, 0.25) is 0 Å². The zero-order chi connectivity index (χ0) is 17.0. The Labute approximate surface area is 136 Å². The lowest BCUT2D eigenvalue weighted by Crippen LogP contribution is -2.00. The molecular weight excluding hydrogens is 292 g/mol. The summed E-state index contributed by atoms with van der Waals surface area (Å²) in [4.78, 5) is 15.6. The minimum atomic E-state index is 0.521. The van der Waals surface area contributed by atoms with Crippen LogP contribution in [0, 0.1) is 6.92 Å². The Kier molecular flexibility index (Phi) is 5.01. The molecular formula is C18H20N2O3. The maximum absolute atomic E-state index is 11.4. The normalized spacial score (nSPS) is 10.1. The summed E-state index contributed by atoms with van der Waals surface area (Å²) >= 11 is 0. The SMILES string of the molecule is C=C(c1cc(OC)c(C)c(OC)c1)c1cnc(NC)cc1C=O. The number of nitrogens with one attached hydrogen (secondary N) is 1. The van der Waals surface area contributed by atoms with Crippen LogP contribution in [-0.2, 0) is 0 Å². The van der Waals surface area contributed by atoms with E-state index in [4.69, 9.17) is 9.47 Å². The minimum Gasteiger partial charge on any atom is -0.496 e. The van der Waals surface area contributed by atoms with Gasteiger partial charge in [0, 0.05) is 29.9 Å². The topological polar surface area (TPSA) is 60.5 Å². The summed E-state index contributed by atoms with van der Waals surface area (Å²) in [5.74, 6) is 2.03. The molecule has 1 heterocycles. The Balaban J connectivity index is 2.55. The molecule has 23 heavy (non-hydrogen) atoms. The highest BCUT2D eigenvalue weighted by atomic mass is 16.5. The summed E-state index contributed by atoms with van der Waals surface area (Å²) in [6, 6.07) is 5.44. The first kappa shape index (κ1) is 16.5. The van der Waals surface area contributed by atoms with Crippen molar-refractivity contribution in [2.75, 3.05) is 26.6 Å². The number of methoxy groups -OCH3 is 2. The summed E-state index contributed by atoms with van der Waals surface area (Å²) in [6.07, 6.45) is 2.43. The molecule has 5 heteroatoms. The molecule has 0 unspecified atom stereocenters. The molecule has 120 valence electrons. The standard InChI is InChI=1S/C18H20N2O3/c1-11(15-9-20-18(19-3)8-14(15)10-21)13-6-16(22-4)12(2)17(7-13)23-5/h6-10H,1H2,2-5H3,(H,19,20). The fourth-order valence-corrected chi connectivity index (χ4v) is 2.37. The Hall–Kier alpha value is -2.82. The number of hydrogen-bond donors (Lipinski definition) is 1. The number of anilines is 1. The van der Waals surface area contributed by atoms with E-state index in [9.17, 15) is 4.79 Å². The van der Waals surface area contributed by atoms with Gasteiger partial charge in [0.05, 0.1) is 14.2 Å². The van der Waals surface area contributed by atoms with E-state index in [-0.39, 0.29) is 0 Å². The molecule has 0 spiro atoms. The highest BCUT2D eigenvalue weighted by molar-refractivity contribution is 5.91. The molecule has 2 aromatic rings. The molecule has 0 aliphatic rings. The third kappa shape index (κ3) is 3.18. The van der Waals surface area contributed by atoms with Crippen molar-refractivity contribution in [3.05, 3.63) is 53.2 Å². The first-order valence-electron chi connectivity index (χ1n) is 7.11. The lowest BCUT2D eigenvalue weighted by Gasteiger charge is -2.15. The molecule has 0 atom stereocenters. The molecule has 0 fully saturated rings. The Morgan fingerprint density at radius 2 is 1.83 bits per heavy atom. The zero-order valence-corrected chi connectivity index (χ0v) is 13.8. The maximum atomic E-state index is 11.4. The second-order valence-corrected chi connectivity index (χ2v) is 5.01. The number of carbonyl (C=O) groups is 1. The van der Waals surface area contributed by atoms with Gasteiger partial charge in [0.15, 0.2) is 6.29 Å². The van der Waals surface area contributed by atoms with Crippen molar-refractivity contribution >= 4 is 17.7 Å². The molecule has 2 rings (SSSR count). The number of carbonyl (C=O) groups excluding carboxylic acids is 1. The van der Waals surface area contributed by atoms with Gasteiger partial charge in [0.1, 0.15) is 17.3 Å². The highest BCUT2D eigenvalue weighted by Crippen LogP contribution is 2.34. The van der Waals surface area contributed by atoms with Crippen LogP contribution < -0.4 is 14.8 Å². The fourth-order valence-electron chi connectivity index (χ4n) is 2.37. The van der Waals surface area contributed by atoms with E-state index in [1.807, 2.05) is 19.1 Å². The zero-order valence-electron chi connectivity index (χ0n) is 13.8. The lowest BCUT2D eigenvalue weighted by molar-refractivity contribution is 0.112. The Morgan fingerprint density at radius 1 is 1.22 bits per heavy atom. The fraction of sp³-hybridized carbons (Fsp3) is 0.222. The first-order chi connectivity index (χ1) is 11.0. The van der Waals surface area contributed by atoms with Gasteiger partial charge in [-0.15, -0.1) is 0 Å². The average molecular weight is 312 g/mol. The molecule has 0 radical (unpaired) electrons. The first-order valence-corrected chi connectivity index (χ1v) is 7.11. The van der Waals surface area contributed by atoms with Crippen LogP contribution in [0.15, 0.2) is 31.0 Å². The number of aromatic nitrogens is 1. The summed E-state index contributed by atoms with van der Waals surface area (Å²) in [5, 5.41) is 2.91. The third-order valence-electron chi connectivity index (χ3n) is 3.74.